The molecule has 0 bridgehead atoms. The van der Waals surface area contributed by atoms with Crippen molar-refractivity contribution in [1.29, 1.82) is 0 Å². The molecule has 1 fully saturated rings. The van der Waals surface area contributed by atoms with E-state index in [0.717, 1.165) is 12.1 Å². The first-order valence-electron chi connectivity index (χ1n) is 6.29. The second kappa shape index (κ2) is 6.64. The topological polar surface area (TPSA) is 55.1 Å². The van der Waals surface area contributed by atoms with Gasteiger partial charge in [-0.15, -0.1) is 12.4 Å². The number of nitrogens with one attached hydrogen (secondary N) is 1. The van der Waals surface area contributed by atoms with Gasteiger partial charge in [0.2, 0.25) is 5.91 Å². The van der Waals surface area contributed by atoms with E-state index in [9.17, 15) is 4.79 Å². The van der Waals surface area contributed by atoms with E-state index in [1.54, 1.807) is 0 Å². The van der Waals surface area contributed by atoms with Crippen LogP contribution in [0.5, 0.6) is 0 Å². The van der Waals surface area contributed by atoms with Gasteiger partial charge in [-0.1, -0.05) is 19.1 Å². The Hall–Kier alpha value is -1.22. The molecule has 3 nitrogen and oxygen atoms in total. The van der Waals surface area contributed by atoms with Crippen LogP contribution in [0.1, 0.15) is 25.3 Å². The summed E-state index contributed by atoms with van der Waals surface area (Å²) in [5.41, 5.74) is 7.60. The molecule has 0 spiro atoms. The van der Waals surface area contributed by atoms with Gasteiger partial charge in [-0.2, -0.15) is 0 Å². The number of anilines is 1. The van der Waals surface area contributed by atoms with Gasteiger partial charge in [0, 0.05) is 18.2 Å². The van der Waals surface area contributed by atoms with Crippen LogP contribution < -0.4 is 11.1 Å². The molecule has 1 amide bonds. The summed E-state index contributed by atoms with van der Waals surface area (Å²) in [4.78, 5) is 11.7. The lowest BCUT2D eigenvalue weighted by atomic mass is 10.1. The molecular formula is C14H21ClN2O. The van der Waals surface area contributed by atoms with Crippen molar-refractivity contribution in [2.45, 2.75) is 26.2 Å². The van der Waals surface area contributed by atoms with E-state index in [4.69, 9.17) is 5.73 Å². The third-order valence-electron chi connectivity index (χ3n) is 3.44. The Kier molecular flexibility index (Phi) is 5.48. The zero-order valence-electron chi connectivity index (χ0n) is 10.7. The highest BCUT2D eigenvalue weighted by Gasteiger charge is 2.32. The fourth-order valence-electron chi connectivity index (χ4n) is 1.99. The molecule has 1 aliphatic rings. The molecule has 4 heteroatoms. The molecular weight excluding hydrogens is 248 g/mol. The van der Waals surface area contributed by atoms with Gasteiger partial charge in [-0.25, -0.2) is 0 Å². The molecule has 2 rings (SSSR count). The number of halogens is 1. The molecule has 1 aromatic carbocycles. The van der Waals surface area contributed by atoms with Crippen LogP contribution in [-0.2, 0) is 11.2 Å². The van der Waals surface area contributed by atoms with Crippen molar-refractivity contribution in [3.05, 3.63) is 29.8 Å². The van der Waals surface area contributed by atoms with Gasteiger partial charge in [0.15, 0.2) is 0 Å². The van der Waals surface area contributed by atoms with Crippen LogP contribution in [0.4, 0.5) is 5.69 Å². The molecule has 1 unspecified atom stereocenters. The maximum Gasteiger partial charge on any atom is 0.223 e. The standard InChI is InChI=1S/C14H20N2O.ClH/c1-10(12-4-5-12)14(17)16-9-8-11-2-6-13(15)7-3-11;/h2-3,6-7,10,12H,4-5,8-9,15H2,1H3,(H,16,17);1H. The Labute approximate surface area is 115 Å². The predicted octanol–water partition coefficient (Wildman–Crippen LogP) is 2.40. The van der Waals surface area contributed by atoms with Gasteiger partial charge in [0.1, 0.15) is 0 Å². The lowest BCUT2D eigenvalue weighted by molar-refractivity contribution is -0.125. The summed E-state index contributed by atoms with van der Waals surface area (Å²) in [6, 6.07) is 7.80. The lowest BCUT2D eigenvalue weighted by Gasteiger charge is -2.10. The number of hydrogen-bond donors (Lipinski definition) is 2. The van der Waals surface area contributed by atoms with Crippen LogP contribution >= 0.6 is 12.4 Å². The molecule has 3 N–H and O–H groups in total. The maximum atomic E-state index is 11.7. The number of carbonyl (C=O) groups excluding carboxylic acids is 1. The van der Waals surface area contributed by atoms with E-state index >= 15 is 0 Å². The van der Waals surface area contributed by atoms with Gasteiger partial charge in [-0.05, 0) is 42.9 Å². The third kappa shape index (κ3) is 4.22. The van der Waals surface area contributed by atoms with Gasteiger partial charge < -0.3 is 11.1 Å². The number of nitrogens with two attached hydrogens (primary N) is 1. The highest BCUT2D eigenvalue weighted by Crippen LogP contribution is 2.36. The van der Waals surface area contributed by atoms with Crippen LogP contribution in [0.2, 0.25) is 0 Å². The average molecular weight is 269 g/mol. The molecule has 0 aliphatic heterocycles. The molecule has 100 valence electrons. The number of nitrogen functional groups attached to an aromatic ring is 1. The maximum absolute atomic E-state index is 11.7. The summed E-state index contributed by atoms with van der Waals surface area (Å²) >= 11 is 0. The fourth-order valence-corrected chi connectivity index (χ4v) is 1.99. The van der Waals surface area contributed by atoms with E-state index in [0.29, 0.717) is 12.5 Å². The average Bonchev–Trinajstić information content (AvgIpc) is 3.14. The smallest absolute Gasteiger partial charge is 0.223 e. The molecule has 0 heterocycles. The van der Waals surface area contributed by atoms with Crippen LogP contribution in [0.3, 0.4) is 0 Å². The van der Waals surface area contributed by atoms with Crippen molar-refractivity contribution in [2.75, 3.05) is 12.3 Å². The van der Waals surface area contributed by atoms with Crippen molar-refractivity contribution < 1.29 is 4.79 Å². The summed E-state index contributed by atoms with van der Waals surface area (Å²) in [5, 5.41) is 3.00. The Morgan fingerprint density at radius 1 is 1.39 bits per heavy atom. The molecule has 0 saturated heterocycles. The van der Waals surface area contributed by atoms with E-state index in [1.807, 2.05) is 31.2 Å². The Morgan fingerprint density at radius 3 is 2.56 bits per heavy atom. The number of amides is 1. The Bertz CT molecular complexity index is 387. The van der Waals surface area contributed by atoms with Crippen LogP contribution in [0.25, 0.3) is 0 Å². The number of hydrogen-bond acceptors (Lipinski definition) is 2. The number of benzene rings is 1. The van der Waals surface area contributed by atoms with E-state index in [1.165, 1.54) is 18.4 Å². The second-order valence-corrected chi connectivity index (χ2v) is 4.91. The van der Waals surface area contributed by atoms with Crippen LogP contribution in [-0.4, -0.2) is 12.5 Å². The van der Waals surface area contributed by atoms with E-state index < -0.39 is 0 Å². The van der Waals surface area contributed by atoms with E-state index in [2.05, 4.69) is 5.32 Å². The summed E-state index contributed by atoms with van der Waals surface area (Å²) < 4.78 is 0. The zero-order valence-corrected chi connectivity index (χ0v) is 11.5. The lowest BCUT2D eigenvalue weighted by Crippen LogP contribution is -2.31. The molecule has 1 saturated carbocycles. The Morgan fingerprint density at radius 2 is 2.00 bits per heavy atom. The van der Waals surface area contributed by atoms with Gasteiger partial charge >= 0.3 is 0 Å². The largest absolute Gasteiger partial charge is 0.399 e. The third-order valence-corrected chi connectivity index (χ3v) is 3.44. The van der Waals surface area contributed by atoms with Crippen molar-refractivity contribution in [1.82, 2.24) is 5.32 Å². The fraction of sp³-hybridized carbons (Fsp3) is 0.500. The monoisotopic (exact) mass is 268 g/mol. The minimum Gasteiger partial charge on any atom is -0.399 e. The first-order chi connectivity index (χ1) is 8.16. The summed E-state index contributed by atoms with van der Waals surface area (Å²) in [5.74, 6) is 1.01. The van der Waals surface area contributed by atoms with E-state index in [-0.39, 0.29) is 24.2 Å². The quantitative estimate of drug-likeness (QED) is 0.806. The normalized spacial score (nSPS) is 15.6. The van der Waals surface area contributed by atoms with Crippen LogP contribution in [0.15, 0.2) is 24.3 Å². The SMILES string of the molecule is CC(C(=O)NCCc1ccc(N)cc1)C1CC1.Cl. The van der Waals surface area contributed by atoms with Crippen LogP contribution in [0, 0.1) is 11.8 Å². The molecule has 0 aromatic heterocycles. The summed E-state index contributed by atoms with van der Waals surface area (Å²) in [6.45, 7) is 2.73. The van der Waals surface area contributed by atoms with Gasteiger partial charge in [0.05, 0.1) is 0 Å². The van der Waals surface area contributed by atoms with Gasteiger partial charge in [0.25, 0.3) is 0 Å². The second-order valence-electron chi connectivity index (χ2n) is 4.91. The molecule has 18 heavy (non-hydrogen) atoms. The van der Waals surface area contributed by atoms with Crippen molar-refractivity contribution in [3.63, 3.8) is 0 Å². The summed E-state index contributed by atoms with van der Waals surface area (Å²) in [6.07, 6.45) is 3.29. The Balaban J connectivity index is 0.00000162. The molecule has 1 aliphatic carbocycles. The van der Waals surface area contributed by atoms with Gasteiger partial charge in [-0.3, -0.25) is 4.79 Å². The highest BCUT2D eigenvalue weighted by atomic mass is 35.5. The zero-order chi connectivity index (χ0) is 12.3. The first kappa shape index (κ1) is 14.8. The minimum absolute atomic E-state index is 0. The summed E-state index contributed by atoms with van der Waals surface area (Å²) in [7, 11) is 0. The minimum atomic E-state index is 0. The first-order valence-corrected chi connectivity index (χ1v) is 6.29. The van der Waals surface area contributed by atoms with Crippen molar-refractivity contribution in [3.8, 4) is 0 Å². The molecule has 0 radical (unpaired) electrons. The van der Waals surface area contributed by atoms with Crippen molar-refractivity contribution in [2.24, 2.45) is 11.8 Å². The van der Waals surface area contributed by atoms with Crippen molar-refractivity contribution >= 4 is 24.0 Å². The number of carbonyl (C=O) groups is 1. The molecule has 1 atom stereocenters. The predicted molar refractivity (Wildman–Crippen MR) is 76.7 cm³/mol. The highest BCUT2D eigenvalue weighted by molar-refractivity contribution is 5.85. The molecule has 1 aromatic rings. The number of rotatable bonds is 5.